The number of carbonyl (C=O) groups is 1. The van der Waals surface area contributed by atoms with Crippen LogP contribution in [0.3, 0.4) is 0 Å². The van der Waals surface area contributed by atoms with Gasteiger partial charge in [-0.05, 0) is 73.7 Å². The van der Waals surface area contributed by atoms with Gasteiger partial charge in [-0.15, -0.1) is 0 Å². The highest BCUT2D eigenvalue weighted by Gasteiger charge is 2.39. The number of carbonyl (C=O) groups excluding carboxylic acids is 1. The standard InChI is InChI=1S/C24H31N3O2/c1-26(23(28)16-17-8-10-18(25)11-9-17)24-20-6-5-7-22(29-2)19(20)12-13-21(24)27-14-3-4-15-27/h5-11,21,24H,3-4,12-16,25H2,1-2H3/t21-,24-/m0/s1. The Bertz CT molecular complexity index is 859. The number of hydrogen-bond donors (Lipinski definition) is 1. The average molecular weight is 394 g/mol. The molecule has 2 aliphatic rings. The third-order valence-corrected chi connectivity index (χ3v) is 6.52. The van der Waals surface area contributed by atoms with Crippen molar-refractivity contribution >= 4 is 11.6 Å². The number of fused-ring (bicyclic) bond motifs is 1. The van der Waals surface area contributed by atoms with Crippen molar-refractivity contribution in [2.45, 2.75) is 44.2 Å². The first-order valence-corrected chi connectivity index (χ1v) is 10.6. The highest BCUT2D eigenvalue weighted by molar-refractivity contribution is 5.79. The molecule has 2 aromatic rings. The van der Waals surface area contributed by atoms with Crippen LogP contribution in [-0.4, -0.2) is 49.0 Å². The largest absolute Gasteiger partial charge is 0.496 e. The minimum absolute atomic E-state index is 0.0493. The second-order valence-corrected chi connectivity index (χ2v) is 8.24. The van der Waals surface area contributed by atoms with E-state index in [1.165, 1.54) is 24.0 Å². The molecule has 0 radical (unpaired) electrons. The van der Waals surface area contributed by atoms with Crippen LogP contribution in [0.15, 0.2) is 42.5 Å². The van der Waals surface area contributed by atoms with Crippen LogP contribution in [0.5, 0.6) is 5.75 Å². The van der Waals surface area contributed by atoms with Crippen molar-refractivity contribution in [3.05, 3.63) is 59.2 Å². The lowest BCUT2D eigenvalue weighted by atomic mass is 9.81. The molecule has 0 bridgehead atoms. The number of nitrogens with two attached hydrogens (primary N) is 1. The maximum Gasteiger partial charge on any atom is 0.227 e. The van der Waals surface area contributed by atoms with E-state index in [1.54, 1.807) is 7.11 Å². The Hall–Kier alpha value is -2.53. The number of hydrogen-bond acceptors (Lipinski definition) is 4. The van der Waals surface area contributed by atoms with Crippen LogP contribution in [0.25, 0.3) is 0 Å². The smallest absolute Gasteiger partial charge is 0.227 e. The van der Waals surface area contributed by atoms with Crippen molar-refractivity contribution in [2.75, 3.05) is 33.0 Å². The molecule has 2 atom stereocenters. The Balaban J connectivity index is 1.64. The van der Waals surface area contributed by atoms with E-state index in [0.717, 1.165) is 42.9 Å². The summed E-state index contributed by atoms with van der Waals surface area (Å²) < 4.78 is 5.64. The van der Waals surface area contributed by atoms with Gasteiger partial charge in [-0.1, -0.05) is 24.3 Å². The zero-order valence-electron chi connectivity index (χ0n) is 17.4. The molecule has 154 valence electrons. The molecule has 1 saturated heterocycles. The summed E-state index contributed by atoms with van der Waals surface area (Å²) in [6.07, 6.45) is 4.93. The molecular formula is C24H31N3O2. The summed E-state index contributed by atoms with van der Waals surface area (Å²) >= 11 is 0. The van der Waals surface area contributed by atoms with Crippen molar-refractivity contribution in [1.29, 1.82) is 0 Å². The lowest BCUT2D eigenvalue weighted by Crippen LogP contribution is -2.48. The zero-order valence-corrected chi connectivity index (χ0v) is 17.4. The maximum atomic E-state index is 13.3. The fraction of sp³-hybridized carbons (Fsp3) is 0.458. The predicted octanol–water partition coefficient (Wildman–Crippen LogP) is 3.43. The molecule has 0 unspecified atom stereocenters. The van der Waals surface area contributed by atoms with Crippen molar-refractivity contribution in [3.8, 4) is 5.75 Å². The molecule has 1 aliphatic heterocycles. The number of nitrogen functional groups attached to an aromatic ring is 1. The van der Waals surface area contributed by atoms with Gasteiger partial charge >= 0.3 is 0 Å². The van der Waals surface area contributed by atoms with Gasteiger partial charge in [-0.25, -0.2) is 0 Å². The van der Waals surface area contributed by atoms with E-state index in [4.69, 9.17) is 10.5 Å². The van der Waals surface area contributed by atoms with E-state index in [9.17, 15) is 4.79 Å². The Morgan fingerprint density at radius 3 is 2.59 bits per heavy atom. The van der Waals surface area contributed by atoms with Crippen LogP contribution in [0.2, 0.25) is 0 Å². The Morgan fingerprint density at radius 2 is 1.90 bits per heavy atom. The number of ether oxygens (including phenoxy) is 1. The Morgan fingerprint density at radius 1 is 1.17 bits per heavy atom. The number of nitrogens with zero attached hydrogens (tertiary/aromatic N) is 2. The number of amides is 1. The van der Waals surface area contributed by atoms with Crippen molar-refractivity contribution < 1.29 is 9.53 Å². The molecule has 29 heavy (non-hydrogen) atoms. The molecule has 1 fully saturated rings. The van der Waals surface area contributed by atoms with Crippen molar-refractivity contribution in [2.24, 2.45) is 0 Å². The molecule has 2 N–H and O–H groups in total. The van der Waals surface area contributed by atoms with Gasteiger partial charge in [0.2, 0.25) is 5.91 Å². The number of rotatable bonds is 5. The first kappa shape index (κ1) is 19.8. The first-order chi connectivity index (χ1) is 14.1. The van der Waals surface area contributed by atoms with Gasteiger partial charge in [0.05, 0.1) is 19.6 Å². The average Bonchev–Trinajstić information content (AvgIpc) is 3.28. The van der Waals surface area contributed by atoms with E-state index < -0.39 is 0 Å². The molecule has 1 aliphatic carbocycles. The molecule has 2 aromatic carbocycles. The SMILES string of the molecule is COc1cccc2c1CC[C@H](N1CCCC1)[C@H]2N(C)C(=O)Cc1ccc(N)cc1. The van der Waals surface area contributed by atoms with Crippen molar-refractivity contribution in [1.82, 2.24) is 9.80 Å². The highest BCUT2D eigenvalue weighted by Crippen LogP contribution is 2.41. The lowest BCUT2D eigenvalue weighted by molar-refractivity contribution is -0.133. The fourth-order valence-corrected chi connectivity index (χ4v) is 4.99. The molecule has 0 saturated carbocycles. The van der Waals surface area contributed by atoms with Crippen LogP contribution >= 0.6 is 0 Å². The third-order valence-electron chi connectivity index (χ3n) is 6.52. The summed E-state index contributed by atoms with van der Waals surface area (Å²) in [5.41, 5.74) is 9.99. The molecule has 5 nitrogen and oxygen atoms in total. The van der Waals surface area contributed by atoms with E-state index >= 15 is 0 Å². The summed E-state index contributed by atoms with van der Waals surface area (Å²) in [6, 6.07) is 14.3. The van der Waals surface area contributed by atoms with Crippen LogP contribution in [0.4, 0.5) is 5.69 Å². The predicted molar refractivity (Wildman–Crippen MR) is 116 cm³/mol. The molecular weight excluding hydrogens is 362 g/mol. The molecule has 0 spiro atoms. The number of likely N-dealkylation sites (N-methyl/N-ethyl adjacent to an activating group) is 1. The molecule has 4 rings (SSSR count). The van der Waals surface area contributed by atoms with Gasteiger partial charge < -0.3 is 15.4 Å². The van der Waals surface area contributed by atoms with Crippen LogP contribution in [0, 0.1) is 0 Å². The fourth-order valence-electron chi connectivity index (χ4n) is 4.99. The number of likely N-dealkylation sites (tertiary alicyclic amines) is 1. The second-order valence-electron chi connectivity index (χ2n) is 8.24. The van der Waals surface area contributed by atoms with Gasteiger partial charge in [0.25, 0.3) is 0 Å². The van der Waals surface area contributed by atoms with Gasteiger partial charge in [0, 0.05) is 18.8 Å². The number of methoxy groups -OCH3 is 1. The summed E-state index contributed by atoms with van der Waals surface area (Å²) in [5.74, 6) is 1.08. The maximum absolute atomic E-state index is 13.3. The Kier molecular flexibility index (Phi) is 5.76. The quantitative estimate of drug-likeness (QED) is 0.791. The number of anilines is 1. The van der Waals surface area contributed by atoms with E-state index in [-0.39, 0.29) is 11.9 Å². The van der Waals surface area contributed by atoms with E-state index in [1.807, 2.05) is 42.3 Å². The first-order valence-electron chi connectivity index (χ1n) is 10.6. The molecule has 0 aromatic heterocycles. The topological polar surface area (TPSA) is 58.8 Å². The summed E-state index contributed by atoms with van der Waals surface area (Å²) in [5, 5.41) is 0. The summed E-state index contributed by atoms with van der Waals surface area (Å²) in [4.78, 5) is 17.8. The van der Waals surface area contributed by atoms with Gasteiger partial charge in [-0.2, -0.15) is 0 Å². The van der Waals surface area contributed by atoms with Gasteiger partial charge in [-0.3, -0.25) is 9.69 Å². The third kappa shape index (κ3) is 3.97. The van der Waals surface area contributed by atoms with Crippen molar-refractivity contribution in [3.63, 3.8) is 0 Å². The lowest BCUT2D eigenvalue weighted by Gasteiger charge is -2.44. The van der Waals surface area contributed by atoms with Gasteiger partial charge in [0.1, 0.15) is 5.75 Å². The van der Waals surface area contributed by atoms with E-state index in [0.29, 0.717) is 12.5 Å². The normalized spacial score (nSPS) is 21.6. The monoisotopic (exact) mass is 393 g/mol. The summed E-state index contributed by atoms with van der Waals surface area (Å²) in [7, 11) is 3.69. The minimum atomic E-state index is 0.0493. The minimum Gasteiger partial charge on any atom is -0.496 e. The molecule has 1 heterocycles. The molecule has 5 heteroatoms. The molecule has 1 amide bonds. The van der Waals surface area contributed by atoms with Gasteiger partial charge in [0.15, 0.2) is 0 Å². The summed E-state index contributed by atoms with van der Waals surface area (Å²) in [6.45, 7) is 2.25. The van der Waals surface area contributed by atoms with Crippen LogP contribution in [0.1, 0.15) is 42.0 Å². The second kappa shape index (κ2) is 8.46. The van der Waals surface area contributed by atoms with Crippen LogP contribution < -0.4 is 10.5 Å². The zero-order chi connectivity index (χ0) is 20.4. The Labute approximate surface area is 173 Å². The van der Waals surface area contributed by atoms with E-state index in [2.05, 4.69) is 17.0 Å². The van der Waals surface area contributed by atoms with Crippen LogP contribution in [-0.2, 0) is 17.6 Å². The number of benzene rings is 2. The highest BCUT2D eigenvalue weighted by atomic mass is 16.5.